The molecule has 1 heterocycles. The van der Waals surface area contributed by atoms with Gasteiger partial charge in [0.25, 0.3) is 0 Å². The molecule has 0 saturated heterocycles. The molecule has 2 aliphatic carbocycles. The summed E-state index contributed by atoms with van der Waals surface area (Å²) in [6, 6.07) is 6.89. The topological polar surface area (TPSA) is 24.9 Å². The van der Waals surface area contributed by atoms with Crippen molar-refractivity contribution in [1.29, 1.82) is 0 Å². The van der Waals surface area contributed by atoms with Gasteiger partial charge in [-0.1, -0.05) is 31.7 Å². The van der Waals surface area contributed by atoms with Gasteiger partial charge in [-0.05, 0) is 43.2 Å². The van der Waals surface area contributed by atoms with Crippen LogP contribution in [0.25, 0.3) is 0 Å². The summed E-state index contributed by atoms with van der Waals surface area (Å²) < 4.78 is 0. The molecule has 0 aliphatic heterocycles. The molecule has 2 saturated carbocycles. The van der Waals surface area contributed by atoms with Gasteiger partial charge in [0.05, 0.1) is 5.69 Å². The molecule has 2 fully saturated rings. The molecule has 0 radical (unpaired) electrons. The molecular weight excluding hydrogens is 220 g/mol. The summed E-state index contributed by atoms with van der Waals surface area (Å²) in [5.41, 5.74) is 1.17. The van der Waals surface area contributed by atoms with Gasteiger partial charge in [0.2, 0.25) is 0 Å². The van der Waals surface area contributed by atoms with Crippen molar-refractivity contribution in [3.8, 4) is 0 Å². The van der Waals surface area contributed by atoms with E-state index < -0.39 is 0 Å². The molecule has 98 valence electrons. The van der Waals surface area contributed by atoms with Crippen molar-refractivity contribution in [3.05, 3.63) is 30.1 Å². The van der Waals surface area contributed by atoms with Crippen molar-refractivity contribution in [1.82, 2.24) is 10.3 Å². The average molecular weight is 244 g/mol. The fourth-order valence-corrected chi connectivity index (χ4v) is 3.81. The van der Waals surface area contributed by atoms with E-state index >= 15 is 0 Å². The highest BCUT2D eigenvalue weighted by molar-refractivity contribution is 5.03. The van der Waals surface area contributed by atoms with E-state index in [0.717, 1.165) is 24.4 Å². The van der Waals surface area contributed by atoms with Crippen LogP contribution in [0.1, 0.15) is 50.6 Å². The molecule has 3 atom stereocenters. The van der Waals surface area contributed by atoms with E-state index in [0.29, 0.717) is 0 Å². The second-order valence-electron chi connectivity index (χ2n) is 6.02. The first-order valence-corrected chi connectivity index (χ1v) is 7.55. The number of nitrogens with zero attached hydrogens (tertiary/aromatic N) is 1. The first-order chi connectivity index (χ1) is 8.92. The van der Waals surface area contributed by atoms with Gasteiger partial charge in [-0.2, -0.15) is 0 Å². The Labute approximate surface area is 110 Å². The largest absolute Gasteiger partial charge is 0.308 e. The van der Waals surface area contributed by atoms with Crippen molar-refractivity contribution in [2.24, 2.45) is 11.8 Å². The van der Waals surface area contributed by atoms with E-state index in [-0.39, 0.29) is 0 Å². The summed E-state index contributed by atoms with van der Waals surface area (Å²) in [4.78, 5) is 4.38. The molecule has 1 N–H and O–H groups in total. The second kappa shape index (κ2) is 5.83. The fraction of sp³-hybridized carbons (Fsp3) is 0.688. The maximum absolute atomic E-state index is 4.38. The Bertz CT molecular complexity index is 363. The van der Waals surface area contributed by atoms with Crippen LogP contribution < -0.4 is 5.32 Å². The summed E-state index contributed by atoms with van der Waals surface area (Å²) >= 11 is 0. The van der Waals surface area contributed by atoms with E-state index in [4.69, 9.17) is 0 Å². The molecule has 1 aromatic heterocycles. The number of pyridine rings is 1. The van der Waals surface area contributed by atoms with Crippen molar-refractivity contribution >= 4 is 0 Å². The maximum atomic E-state index is 4.38. The third kappa shape index (κ3) is 2.92. The van der Waals surface area contributed by atoms with Crippen LogP contribution in [0, 0.1) is 11.8 Å². The molecule has 2 nitrogen and oxygen atoms in total. The number of hydrogen-bond acceptors (Lipinski definition) is 2. The Kier molecular flexibility index (Phi) is 3.94. The van der Waals surface area contributed by atoms with Crippen molar-refractivity contribution in [2.75, 3.05) is 0 Å². The third-order valence-electron chi connectivity index (χ3n) is 4.84. The SMILES string of the molecule is c1ccc(CNC2CCC3CCCCC3C2)nc1. The molecular formula is C16H24N2. The monoisotopic (exact) mass is 244 g/mol. The first-order valence-electron chi connectivity index (χ1n) is 7.55. The lowest BCUT2D eigenvalue weighted by molar-refractivity contribution is 0.143. The highest BCUT2D eigenvalue weighted by atomic mass is 14.9. The maximum Gasteiger partial charge on any atom is 0.0541 e. The smallest absolute Gasteiger partial charge is 0.0541 e. The molecule has 0 bridgehead atoms. The number of hydrogen-bond donors (Lipinski definition) is 1. The van der Waals surface area contributed by atoms with Crippen LogP contribution in [0.15, 0.2) is 24.4 Å². The fourth-order valence-electron chi connectivity index (χ4n) is 3.81. The molecule has 2 aliphatic rings. The molecule has 0 spiro atoms. The van der Waals surface area contributed by atoms with Crippen LogP contribution in [0.5, 0.6) is 0 Å². The normalized spacial score (nSPS) is 31.9. The first kappa shape index (κ1) is 12.2. The predicted molar refractivity (Wildman–Crippen MR) is 74.2 cm³/mol. The molecule has 1 aromatic rings. The van der Waals surface area contributed by atoms with E-state index in [1.807, 2.05) is 12.3 Å². The minimum Gasteiger partial charge on any atom is -0.308 e. The number of nitrogens with one attached hydrogen (secondary N) is 1. The van der Waals surface area contributed by atoms with Gasteiger partial charge in [-0.3, -0.25) is 4.98 Å². The minimum absolute atomic E-state index is 0.728. The number of aromatic nitrogens is 1. The number of fused-ring (bicyclic) bond motifs is 1. The lowest BCUT2D eigenvalue weighted by Gasteiger charge is -2.39. The lowest BCUT2D eigenvalue weighted by atomic mass is 9.69. The summed E-state index contributed by atoms with van der Waals surface area (Å²) in [5.74, 6) is 2.06. The second-order valence-corrected chi connectivity index (χ2v) is 6.02. The quantitative estimate of drug-likeness (QED) is 0.880. The molecule has 0 amide bonds. The Morgan fingerprint density at radius 2 is 1.94 bits per heavy atom. The predicted octanol–water partition coefficient (Wildman–Crippen LogP) is 3.53. The van der Waals surface area contributed by atoms with Gasteiger partial charge in [0, 0.05) is 18.8 Å². The van der Waals surface area contributed by atoms with Crippen LogP contribution in [-0.2, 0) is 6.54 Å². The Hall–Kier alpha value is -0.890. The van der Waals surface area contributed by atoms with Crippen molar-refractivity contribution in [2.45, 2.75) is 57.5 Å². The van der Waals surface area contributed by atoms with Crippen LogP contribution >= 0.6 is 0 Å². The summed E-state index contributed by atoms with van der Waals surface area (Å²) in [7, 11) is 0. The summed E-state index contributed by atoms with van der Waals surface area (Å²) in [6.45, 7) is 0.933. The molecule has 0 aromatic carbocycles. The minimum atomic E-state index is 0.728. The van der Waals surface area contributed by atoms with Crippen LogP contribution in [-0.4, -0.2) is 11.0 Å². The van der Waals surface area contributed by atoms with Gasteiger partial charge in [0.15, 0.2) is 0 Å². The standard InChI is InChI=1S/C16H24N2/c1-2-6-14-11-15(9-8-13(14)5-1)18-12-16-7-3-4-10-17-16/h3-4,7,10,13-15,18H,1-2,5-6,8-9,11-12H2. The zero-order valence-electron chi connectivity index (χ0n) is 11.1. The van der Waals surface area contributed by atoms with E-state index in [2.05, 4.69) is 22.4 Å². The molecule has 3 unspecified atom stereocenters. The number of rotatable bonds is 3. The Morgan fingerprint density at radius 1 is 1.06 bits per heavy atom. The van der Waals surface area contributed by atoms with E-state index in [9.17, 15) is 0 Å². The van der Waals surface area contributed by atoms with Gasteiger partial charge in [-0.25, -0.2) is 0 Å². The van der Waals surface area contributed by atoms with Crippen LogP contribution in [0.4, 0.5) is 0 Å². The van der Waals surface area contributed by atoms with Gasteiger partial charge < -0.3 is 5.32 Å². The molecule has 18 heavy (non-hydrogen) atoms. The van der Waals surface area contributed by atoms with Gasteiger partial charge in [-0.15, -0.1) is 0 Å². The zero-order valence-corrected chi connectivity index (χ0v) is 11.1. The Balaban J connectivity index is 1.49. The van der Waals surface area contributed by atoms with E-state index in [1.165, 1.54) is 50.6 Å². The highest BCUT2D eigenvalue weighted by Crippen LogP contribution is 2.40. The summed E-state index contributed by atoms with van der Waals surface area (Å²) in [6.07, 6.45) is 12.0. The molecule has 2 heteroatoms. The third-order valence-corrected chi connectivity index (χ3v) is 4.84. The highest BCUT2D eigenvalue weighted by Gasteiger charge is 2.31. The van der Waals surface area contributed by atoms with Gasteiger partial charge in [0.1, 0.15) is 0 Å². The van der Waals surface area contributed by atoms with Crippen molar-refractivity contribution in [3.63, 3.8) is 0 Å². The van der Waals surface area contributed by atoms with E-state index in [1.54, 1.807) is 0 Å². The van der Waals surface area contributed by atoms with Gasteiger partial charge >= 0.3 is 0 Å². The van der Waals surface area contributed by atoms with Crippen LogP contribution in [0.2, 0.25) is 0 Å². The lowest BCUT2D eigenvalue weighted by Crippen LogP contribution is -2.38. The summed E-state index contributed by atoms with van der Waals surface area (Å²) in [5, 5.41) is 3.71. The zero-order chi connectivity index (χ0) is 12.2. The van der Waals surface area contributed by atoms with Crippen molar-refractivity contribution < 1.29 is 0 Å². The molecule has 3 rings (SSSR count). The Morgan fingerprint density at radius 3 is 2.78 bits per heavy atom. The average Bonchev–Trinajstić information content (AvgIpc) is 2.46. The van der Waals surface area contributed by atoms with Crippen LogP contribution in [0.3, 0.4) is 0 Å².